The Morgan fingerprint density at radius 3 is 2.56 bits per heavy atom. The van der Waals surface area contributed by atoms with Crippen molar-refractivity contribution in [2.45, 2.75) is 38.3 Å². The first-order valence-electron chi connectivity index (χ1n) is 14.7. The highest BCUT2D eigenvalue weighted by Crippen LogP contribution is 2.47. The first-order valence-corrected chi connectivity index (χ1v) is 14.7. The number of hydrogen-bond donors (Lipinski definition) is 1. The lowest BCUT2D eigenvalue weighted by molar-refractivity contribution is 0.0776. The van der Waals surface area contributed by atoms with Crippen molar-refractivity contribution in [3.8, 4) is 22.6 Å². The van der Waals surface area contributed by atoms with E-state index < -0.39 is 11.6 Å². The minimum Gasteiger partial charge on any atom is -0.388 e. The molecule has 5 aromatic heterocycles. The molecular formula is C33H25F2N7O3. The fourth-order valence-electron chi connectivity index (χ4n) is 6.52. The van der Waals surface area contributed by atoms with E-state index in [2.05, 4.69) is 15.2 Å². The van der Waals surface area contributed by atoms with Gasteiger partial charge in [0.15, 0.2) is 0 Å². The van der Waals surface area contributed by atoms with Crippen LogP contribution in [0.25, 0.3) is 33.6 Å². The number of fused-ring (bicyclic) bond motifs is 4. The van der Waals surface area contributed by atoms with E-state index in [0.29, 0.717) is 70.9 Å². The maximum Gasteiger partial charge on any atom is 0.434 e. The lowest BCUT2D eigenvalue weighted by Crippen LogP contribution is -2.23. The number of rotatable bonds is 7. The molecule has 1 amide bonds. The number of benzene rings is 1. The summed E-state index contributed by atoms with van der Waals surface area (Å²) in [6.45, 7) is 1.03. The van der Waals surface area contributed by atoms with Crippen LogP contribution in [0.4, 0.5) is 8.78 Å². The zero-order valence-electron chi connectivity index (χ0n) is 23.8. The smallest absolute Gasteiger partial charge is 0.388 e. The number of aromatic amines is 1. The molecule has 1 fully saturated rings. The Morgan fingerprint density at radius 2 is 1.78 bits per heavy atom. The second kappa shape index (κ2) is 10.6. The third kappa shape index (κ3) is 4.69. The Labute approximate surface area is 254 Å². The quantitative estimate of drug-likeness (QED) is 0.264. The van der Waals surface area contributed by atoms with Crippen LogP contribution in [0, 0.1) is 11.6 Å². The van der Waals surface area contributed by atoms with Crippen LogP contribution in [0.2, 0.25) is 0 Å². The number of pyridine rings is 3. The highest BCUT2D eigenvalue weighted by atomic mass is 19.1. The molecule has 224 valence electrons. The van der Waals surface area contributed by atoms with Gasteiger partial charge in [-0.2, -0.15) is 0 Å². The molecule has 6 aromatic rings. The van der Waals surface area contributed by atoms with Crippen molar-refractivity contribution in [2.24, 2.45) is 0 Å². The molecule has 1 N–H and O–H groups in total. The highest BCUT2D eigenvalue weighted by molar-refractivity contribution is 6.08. The van der Waals surface area contributed by atoms with Crippen molar-refractivity contribution in [1.29, 1.82) is 0 Å². The van der Waals surface area contributed by atoms with Crippen LogP contribution in [0.1, 0.15) is 51.9 Å². The van der Waals surface area contributed by atoms with Crippen molar-refractivity contribution >= 4 is 16.9 Å². The van der Waals surface area contributed by atoms with Gasteiger partial charge in [-0.3, -0.25) is 14.8 Å². The van der Waals surface area contributed by atoms with Gasteiger partial charge in [0.05, 0.1) is 47.0 Å². The number of carbonyl (C=O) groups is 1. The van der Waals surface area contributed by atoms with Crippen LogP contribution in [-0.2, 0) is 19.4 Å². The fraction of sp³-hybridized carbons (Fsp3) is 0.212. The number of halogens is 2. The Balaban J connectivity index is 1.30. The molecule has 1 saturated heterocycles. The van der Waals surface area contributed by atoms with Crippen LogP contribution in [0.3, 0.4) is 0 Å². The molecule has 0 spiro atoms. The molecule has 0 radical (unpaired) electrons. The number of carbonyl (C=O) groups excluding carboxylic acids is 1. The van der Waals surface area contributed by atoms with Gasteiger partial charge in [0.1, 0.15) is 17.3 Å². The number of H-pyrrole nitrogens is 1. The van der Waals surface area contributed by atoms with Crippen molar-refractivity contribution in [1.82, 2.24) is 34.6 Å². The molecule has 0 unspecified atom stereocenters. The van der Waals surface area contributed by atoms with E-state index in [1.165, 1.54) is 24.4 Å². The number of aromatic nitrogens is 6. The second-order valence-corrected chi connectivity index (χ2v) is 11.3. The van der Waals surface area contributed by atoms with E-state index in [1.54, 1.807) is 24.4 Å². The van der Waals surface area contributed by atoms with Gasteiger partial charge in [-0.05, 0) is 67.6 Å². The molecule has 12 heteroatoms. The van der Waals surface area contributed by atoms with Gasteiger partial charge in [0.2, 0.25) is 0 Å². The zero-order chi connectivity index (χ0) is 30.7. The summed E-state index contributed by atoms with van der Waals surface area (Å²) in [7, 11) is 0. The third-order valence-electron chi connectivity index (χ3n) is 8.57. The van der Waals surface area contributed by atoms with E-state index in [4.69, 9.17) is 14.4 Å². The molecule has 45 heavy (non-hydrogen) atoms. The van der Waals surface area contributed by atoms with Crippen LogP contribution < -0.4 is 5.76 Å². The Bertz CT molecular complexity index is 2150. The molecule has 10 nitrogen and oxygen atoms in total. The van der Waals surface area contributed by atoms with Gasteiger partial charge >= 0.3 is 5.76 Å². The molecule has 0 bridgehead atoms. The summed E-state index contributed by atoms with van der Waals surface area (Å²) in [4.78, 5) is 42.0. The SMILES string of the molecule is O=C1c2c(nc(CCc3ccc(F)cc3)c(-c3n[nH]c(=O)o3)c2-c2cnc3c(ccn3Cc3ccc(F)cn3)c2)[C@H]2CCCN12. The number of hydrogen-bond acceptors (Lipinski definition) is 7. The predicted octanol–water partition coefficient (Wildman–Crippen LogP) is 5.24. The van der Waals surface area contributed by atoms with E-state index in [-0.39, 0.29) is 23.7 Å². The van der Waals surface area contributed by atoms with Gasteiger partial charge in [0.25, 0.3) is 11.8 Å². The van der Waals surface area contributed by atoms with Crippen molar-refractivity contribution in [2.75, 3.05) is 6.54 Å². The lowest BCUT2D eigenvalue weighted by atomic mass is 9.90. The van der Waals surface area contributed by atoms with Crippen LogP contribution in [0.15, 0.2) is 76.3 Å². The number of nitrogens with zero attached hydrogens (tertiary/aromatic N) is 6. The Hall–Kier alpha value is -5.52. The van der Waals surface area contributed by atoms with E-state index >= 15 is 0 Å². The van der Waals surface area contributed by atoms with Crippen LogP contribution in [-0.4, -0.2) is 47.1 Å². The molecular weight excluding hydrogens is 580 g/mol. The number of nitrogens with one attached hydrogen (secondary N) is 1. The van der Waals surface area contributed by atoms with Gasteiger partial charge < -0.3 is 13.9 Å². The topological polar surface area (TPSA) is 123 Å². The summed E-state index contributed by atoms with van der Waals surface area (Å²) in [6, 6.07) is 13.0. The first-order chi connectivity index (χ1) is 21.9. The molecule has 7 heterocycles. The Morgan fingerprint density at radius 1 is 0.933 bits per heavy atom. The van der Waals surface area contributed by atoms with Gasteiger partial charge in [-0.1, -0.05) is 12.1 Å². The monoisotopic (exact) mass is 605 g/mol. The number of aryl methyl sites for hydroxylation is 2. The molecule has 1 atom stereocenters. The minimum absolute atomic E-state index is 0.0271. The zero-order valence-corrected chi connectivity index (χ0v) is 23.8. The molecule has 0 saturated carbocycles. The molecule has 2 aliphatic rings. The summed E-state index contributed by atoms with van der Waals surface area (Å²) in [6.07, 6.45) is 7.41. The maximum atomic E-state index is 14.0. The van der Waals surface area contributed by atoms with Gasteiger partial charge in [-0.15, -0.1) is 5.10 Å². The minimum atomic E-state index is -0.729. The van der Waals surface area contributed by atoms with Crippen molar-refractivity contribution in [3.63, 3.8) is 0 Å². The molecule has 0 aliphatic carbocycles. The predicted molar refractivity (Wildman–Crippen MR) is 159 cm³/mol. The Kier molecular flexibility index (Phi) is 6.36. The van der Waals surface area contributed by atoms with E-state index in [0.717, 1.165) is 23.8 Å². The van der Waals surface area contributed by atoms with Gasteiger partial charge in [0, 0.05) is 35.5 Å². The van der Waals surface area contributed by atoms with Crippen molar-refractivity contribution in [3.05, 3.63) is 118 Å². The average molecular weight is 606 g/mol. The lowest BCUT2D eigenvalue weighted by Gasteiger charge is -2.17. The molecule has 2 aliphatic heterocycles. The fourth-order valence-corrected chi connectivity index (χ4v) is 6.52. The summed E-state index contributed by atoms with van der Waals surface area (Å²) in [5.74, 6) is -1.55. The standard InChI is InChI=1S/C33H25F2N7O3/c34-21-6-3-18(4-7-21)5-10-24-27(31-39-40-33(44)45-31)26(28-29(38-24)25-2-1-12-42(25)32(28)43)20-14-19-11-13-41(30(19)37-15-20)17-23-9-8-22(35)16-36-23/h3-4,6-9,11,13-16,25H,1-2,5,10,12,17H2,(H,40,44)/t25-/m1/s1. The maximum absolute atomic E-state index is 14.0. The molecule has 8 rings (SSSR count). The van der Waals surface area contributed by atoms with Crippen molar-refractivity contribution < 1.29 is 18.0 Å². The normalized spacial score (nSPS) is 15.6. The van der Waals surface area contributed by atoms with Gasteiger partial charge in [-0.25, -0.2) is 23.7 Å². The summed E-state index contributed by atoms with van der Waals surface area (Å²) < 4.78 is 34.4. The average Bonchev–Trinajstić information content (AvgIpc) is 3.84. The van der Waals surface area contributed by atoms with Crippen LogP contribution >= 0.6 is 0 Å². The third-order valence-corrected chi connectivity index (χ3v) is 8.57. The highest BCUT2D eigenvalue weighted by Gasteiger charge is 2.44. The first kappa shape index (κ1) is 27.1. The largest absolute Gasteiger partial charge is 0.434 e. The summed E-state index contributed by atoms with van der Waals surface area (Å²) in [5, 5.41) is 7.32. The summed E-state index contributed by atoms with van der Waals surface area (Å²) in [5.41, 5.74) is 5.71. The summed E-state index contributed by atoms with van der Waals surface area (Å²) >= 11 is 0. The number of amides is 1. The second-order valence-electron chi connectivity index (χ2n) is 11.3. The molecule has 1 aromatic carbocycles. The van der Waals surface area contributed by atoms with Crippen LogP contribution in [0.5, 0.6) is 0 Å². The van der Waals surface area contributed by atoms with E-state index in [1.807, 2.05) is 27.8 Å². The van der Waals surface area contributed by atoms with E-state index in [9.17, 15) is 18.4 Å².